The van der Waals surface area contributed by atoms with Gasteiger partial charge >= 0.3 is 0 Å². The lowest BCUT2D eigenvalue weighted by Gasteiger charge is -2.30. The van der Waals surface area contributed by atoms with Gasteiger partial charge in [-0.05, 0) is 18.3 Å². The normalized spacial score (nSPS) is 12.6. The van der Waals surface area contributed by atoms with E-state index in [0.717, 1.165) is 6.42 Å². The molecule has 96 valence electrons. The molecule has 0 spiro atoms. The van der Waals surface area contributed by atoms with Crippen LogP contribution in [-0.2, 0) is 4.79 Å². The first kappa shape index (κ1) is 15.4. The van der Waals surface area contributed by atoms with Gasteiger partial charge in [0.05, 0.1) is 18.8 Å². The molecule has 1 amide bonds. The van der Waals surface area contributed by atoms with Crippen molar-refractivity contribution in [3.05, 3.63) is 0 Å². The molecule has 0 aliphatic heterocycles. The van der Waals surface area contributed by atoms with Crippen molar-refractivity contribution in [3.8, 4) is 0 Å². The van der Waals surface area contributed by atoms with E-state index in [1.165, 1.54) is 0 Å². The average molecular weight is 231 g/mol. The van der Waals surface area contributed by atoms with Crippen molar-refractivity contribution in [2.45, 2.75) is 52.5 Å². The molecule has 0 rings (SSSR count). The fourth-order valence-corrected chi connectivity index (χ4v) is 1.29. The van der Waals surface area contributed by atoms with Gasteiger partial charge in [-0.15, -0.1) is 0 Å². The second kappa shape index (κ2) is 6.21. The molecule has 0 atom stereocenters. The van der Waals surface area contributed by atoms with Gasteiger partial charge in [-0.1, -0.05) is 27.7 Å². The van der Waals surface area contributed by atoms with Crippen LogP contribution in [0.1, 0.15) is 47.0 Å². The van der Waals surface area contributed by atoms with Crippen LogP contribution < -0.4 is 5.32 Å². The first-order valence-corrected chi connectivity index (χ1v) is 5.81. The molecule has 0 saturated carbocycles. The Morgan fingerprint density at radius 1 is 1.19 bits per heavy atom. The summed E-state index contributed by atoms with van der Waals surface area (Å²) in [4.78, 5) is 11.6. The topological polar surface area (TPSA) is 69.6 Å². The fraction of sp³-hybridized carbons (Fsp3) is 0.917. The number of aliphatic hydroxyl groups excluding tert-OH is 2. The molecule has 0 bridgehead atoms. The number of hydrogen-bond acceptors (Lipinski definition) is 3. The summed E-state index contributed by atoms with van der Waals surface area (Å²) in [6.45, 7) is 7.58. The molecule has 3 N–H and O–H groups in total. The second-order valence-corrected chi connectivity index (χ2v) is 5.56. The van der Waals surface area contributed by atoms with E-state index in [2.05, 4.69) is 26.1 Å². The summed E-state index contributed by atoms with van der Waals surface area (Å²) in [5.74, 6) is -0.111. The standard InChI is InChI=1S/C12H25NO3/c1-5-12(8-14,9-15)13-10(16)6-7-11(2,3)4/h14-15H,5-9H2,1-4H3,(H,13,16). The number of nitrogens with one attached hydrogen (secondary N) is 1. The number of carbonyl (C=O) groups is 1. The summed E-state index contributed by atoms with van der Waals surface area (Å²) in [6, 6.07) is 0. The number of hydrogen-bond donors (Lipinski definition) is 3. The maximum atomic E-state index is 11.6. The molecule has 0 heterocycles. The van der Waals surface area contributed by atoms with Crippen LogP contribution in [0.2, 0.25) is 0 Å². The lowest BCUT2D eigenvalue weighted by Crippen LogP contribution is -2.53. The van der Waals surface area contributed by atoms with Gasteiger partial charge in [0.2, 0.25) is 5.91 Å². The third-order valence-corrected chi connectivity index (χ3v) is 2.79. The van der Waals surface area contributed by atoms with Crippen LogP contribution in [0, 0.1) is 5.41 Å². The van der Waals surface area contributed by atoms with Crippen molar-refractivity contribution in [3.63, 3.8) is 0 Å². The maximum Gasteiger partial charge on any atom is 0.220 e. The van der Waals surface area contributed by atoms with E-state index in [4.69, 9.17) is 0 Å². The van der Waals surface area contributed by atoms with Crippen LogP contribution in [0.3, 0.4) is 0 Å². The lowest BCUT2D eigenvalue weighted by atomic mass is 9.90. The monoisotopic (exact) mass is 231 g/mol. The summed E-state index contributed by atoms with van der Waals surface area (Å²) in [5, 5.41) is 21.1. The van der Waals surface area contributed by atoms with E-state index in [1.54, 1.807) is 0 Å². The smallest absolute Gasteiger partial charge is 0.220 e. The van der Waals surface area contributed by atoms with Gasteiger partial charge in [0.15, 0.2) is 0 Å². The zero-order chi connectivity index (χ0) is 12.8. The zero-order valence-electron chi connectivity index (χ0n) is 10.8. The first-order chi connectivity index (χ1) is 7.28. The number of carbonyl (C=O) groups excluding carboxylic acids is 1. The predicted molar refractivity (Wildman–Crippen MR) is 64.0 cm³/mol. The molecule has 0 aromatic heterocycles. The van der Waals surface area contributed by atoms with Gasteiger partial charge in [-0.25, -0.2) is 0 Å². The van der Waals surface area contributed by atoms with E-state index in [-0.39, 0.29) is 24.5 Å². The van der Waals surface area contributed by atoms with Crippen LogP contribution in [0.5, 0.6) is 0 Å². The highest BCUT2D eigenvalue weighted by Crippen LogP contribution is 2.20. The molecule has 4 nitrogen and oxygen atoms in total. The van der Waals surface area contributed by atoms with E-state index in [9.17, 15) is 15.0 Å². The Kier molecular flexibility index (Phi) is 5.97. The van der Waals surface area contributed by atoms with Crippen molar-refractivity contribution < 1.29 is 15.0 Å². The summed E-state index contributed by atoms with van der Waals surface area (Å²) < 4.78 is 0. The molecule has 0 aromatic rings. The highest BCUT2D eigenvalue weighted by molar-refractivity contribution is 5.76. The van der Waals surface area contributed by atoms with Gasteiger partial charge in [0.1, 0.15) is 0 Å². The van der Waals surface area contributed by atoms with E-state index in [0.29, 0.717) is 12.8 Å². The van der Waals surface area contributed by atoms with Crippen LogP contribution in [0.25, 0.3) is 0 Å². The maximum absolute atomic E-state index is 11.6. The molecular weight excluding hydrogens is 206 g/mol. The predicted octanol–water partition coefficient (Wildman–Crippen LogP) is 1.06. The molecular formula is C12H25NO3. The van der Waals surface area contributed by atoms with Crippen molar-refractivity contribution in [2.24, 2.45) is 5.41 Å². The lowest BCUT2D eigenvalue weighted by molar-refractivity contribution is -0.125. The van der Waals surface area contributed by atoms with Gasteiger partial charge in [-0.3, -0.25) is 4.79 Å². The Balaban J connectivity index is 4.21. The Labute approximate surface area is 98.1 Å². The Bertz CT molecular complexity index is 209. The summed E-state index contributed by atoms with van der Waals surface area (Å²) >= 11 is 0. The molecule has 0 fully saturated rings. The minimum absolute atomic E-state index is 0.111. The second-order valence-electron chi connectivity index (χ2n) is 5.56. The first-order valence-electron chi connectivity index (χ1n) is 5.81. The van der Waals surface area contributed by atoms with E-state index >= 15 is 0 Å². The Hall–Kier alpha value is -0.610. The van der Waals surface area contributed by atoms with Crippen LogP contribution in [-0.4, -0.2) is 34.9 Å². The minimum atomic E-state index is -0.866. The van der Waals surface area contributed by atoms with E-state index in [1.807, 2.05) is 6.92 Å². The SMILES string of the molecule is CCC(CO)(CO)NC(=O)CCC(C)(C)C. The van der Waals surface area contributed by atoms with Gasteiger partial charge in [0.25, 0.3) is 0 Å². The third kappa shape index (κ3) is 5.47. The van der Waals surface area contributed by atoms with Crippen molar-refractivity contribution in [2.75, 3.05) is 13.2 Å². The Morgan fingerprint density at radius 2 is 1.69 bits per heavy atom. The quantitative estimate of drug-likeness (QED) is 0.640. The molecule has 0 aliphatic carbocycles. The van der Waals surface area contributed by atoms with Crippen molar-refractivity contribution >= 4 is 5.91 Å². The third-order valence-electron chi connectivity index (χ3n) is 2.79. The largest absolute Gasteiger partial charge is 0.394 e. The van der Waals surface area contributed by atoms with Gasteiger partial charge in [0, 0.05) is 6.42 Å². The van der Waals surface area contributed by atoms with Crippen LogP contribution >= 0.6 is 0 Å². The average Bonchev–Trinajstić information content (AvgIpc) is 2.22. The van der Waals surface area contributed by atoms with E-state index < -0.39 is 5.54 Å². The highest BCUT2D eigenvalue weighted by atomic mass is 16.3. The fourth-order valence-electron chi connectivity index (χ4n) is 1.29. The molecule has 16 heavy (non-hydrogen) atoms. The summed E-state index contributed by atoms with van der Waals surface area (Å²) in [5.41, 5.74) is -0.750. The number of rotatable bonds is 6. The molecule has 0 radical (unpaired) electrons. The molecule has 4 heteroatoms. The van der Waals surface area contributed by atoms with Crippen molar-refractivity contribution in [1.29, 1.82) is 0 Å². The molecule has 0 unspecified atom stereocenters. The van der Waals surface area contributed by atoms with Crippen LogP contribution in [0.4, 0.5) is 0 Å². The van der Waals surface area contributed by atoms with Gasteiger partial charge < -0.3 is 15.5 Å². The summed E-state index contributed by atoms with van der Waals surface area (Å²) in [7, 11) is 0. The number of aliphatic hydroxyl groups is 2. The molecule has 0 saturated heterocycles. The summed E-state index contributed by atoms with van der Waals surface area (Å²) in [6.07, 6.45) is 1.72. The highest BCUT2D eigenvalue weighted by Gasteiger charge is 2.28. The van der Waals surface area contributed by atoms with Crippen LogP contribution in [0.15, 0.2) is 0 Å². The zero-order valence-corrected chi connectivity index (χ0v) is 10.8. The number of amides is 1. The molecule has 0 aromatic carbocycles. The Morgan fingerprint density at radius 3 is 2.00 bits per heavy atom. The van der Waals surface area contributed by atoms with Crippen molar-refractivity contribution in [1.82, 2.24) is 5.32 Å². The minimum Gasteiger partial charge on any atom is -0.394 e. The van der Waals surface area contributed by atoms with Gasteiger partial charge in [-0.2, -0.15) is 0 Å². The molecule has 0 aliphatic rings.